The Hall–Kier alpha value is -2.28. The molecule has 1 aromatic carbocycles. The molecule has 2 amide bonds. The van der Waals surface area contributed by atoms with Gasteiger partial charge >= 0.3 is 0 Å². The van der Waals surface area contributed by atoms with Gasteiger partial charge < -0.3 is 5.32 Å². The molecule has 2 N–H and O–H groups in total. The van der Waals surface area contributed by atoms with Gasteiger partial charge in [0.1, 0.15) is 11.0 Å². The highest BCUT2D eigenvalue weighted by atomic mass is 32.1. The molecule has 0 saturated carbocycles. The van der Waals surface area contributed by atoms with Crippen LogP contribution in [0.5, 0.6) is 0 Å². The van der Waals surface area contributed by atoms with Crippen LogP contribution in [0.1, 0.15) is 26.3 Å². The minimum atomic E-state index is -0.629. The first-order valence-corrected chi connectivity index (χ1v) is 8.20. The van der Waals surface area contributed by atoms with Gasteiger partial charge in [-0.2, -0.15) is 0 Å². The molecule has 1 atom stereocenters. The first-order valence-electron chi connectivity index (χ1n) is 7.38. The lowest BCUT2D eigenvalue weighted by molar-refractivity contribution is -0.128. The summed E-state index contributed by atoms with van der Waals surface area (Å²) in [7, 11) is 0. The summed E-state index contributed by atoms with van der Waals surface area (Å²) in [4.78, 5) is 23.7. The van der Waals surface area contributed by atoms with Crippen molar-refractivity contribution in [2.75, 3.05) is 5.32 Å². The van der Waals surface area contributed by atoms with Crippen molar-refractivity contribution >= 4 is 28.3 Å². The van der Waals surface area contributed by atoms with Gasteiger partial charge in [-0.3, -0.25) is 14.9 Å². The second kappa shape index (κ2) is 7.32. The number of rotatable bonds is 5. The average molecular weight is 332 g/mol. The van der Waals surface area contributed by atoms with Crippen molar-refractivity contribution in [3.63, 3.8) is 0 Å². The van der Waals surface area contributed by atoms with Crippen LogP contribution in [0.15, 0.2) is 24.3 Å². The molecule has 0 aliphatic carbocycles. The number of nitrogens with zero attached hydrogens (tertiary/aromatic N) is 2. The van der Waals surface area contributed by atoms with E-state index >= 15 is 0 Å². The first kappa shape index (κ1) is 17.1. The second-order valence-corrected chi connectivity index (χ2v) is 6.63. The highest BCUT2D eigenvalue weighted by Gasteiger charge is 2.19. The number of carbonyl (C=O) groups excluding carboxylic acids is 2. The van der Waals surface area contributed by atoms with Gasteiger partial charge in [-0.25, -0.2) is 0 Å². The van der Waals surface area contributed by atoms with Crippen LogP contribution in [0, 0.1) is 12.8 Å². The molecule has 23 heavy (non-hydrogen) atoms. The molecule has 0 bridgehead atoms. The summed E-state index contributed by atoms with van der Waals surface area (Å²) >= 11 is 1.30. The Morgan fingerprint density at radius 2 is 1.87 bits per heavy atom. The smallest absolute Gasteiger partial charge is 0.248 e. The summed E-state index contributed by atoms with van der Waals surface area (Å²) in [5.74, 6) is -0.643. The van der Waals surface area contributed by atoms with Crippen LogP contribution in [0.25, 0.3) is 10.6 Å². The molecule has 1 aromatic heterocycles. The number of anilines is 1. The van der Waals surface area contributed by atoms with Crippen molar-refractivity contribution in [3.8, 4) is 10.6 Å². The number of hydrogen-bond donors (Lipinski definition) is 2. The van der Waals surface area contributed by atoms with Crippen LogP contribution in [0.2, 0.25) is 0 Å². The van der Waals surface area contributed by atoms with Gasteiger partial charge in [0.15, 0.2) is 0 Å². The Morgan fingerprint density at radius 1 is 1.13 bits per heavy atom. The zero-order chi connectivity index (χ0) is 17.0. The Morgan fingerprint density at radius 3 is 2.52 bits per heavy atom. The quantitative estimate of drug-likeness (QED) is 0.881. The molecule has 0 aliphatic rings. The fourth-order valence-corrected chi connectivity index (χ4v) is 2.57. The number of benzene rings is 1. The van der Waals surface area contributed by atoms with Gasteiger partial charge in [0.25, 0.3) is 0 Å². The van der Waals surface area contributed by atoms with E-state index in [0.717, 1.165) is 16.1 Å². The molecule has 0 aliphatic heterocycles. The lowest BCUT2D eigenvalue weighted by Crippen LogP contribution is -2.43. The zero-order valence-electron chi connectivity index (χ0n) is 13.6. The predicted molar refractivity (Wildman–Crippen MR) is 91.2 cm³/mol. The van der Waals surface area contributed by atoms with Gasteiger partial charge in [-0.1, -0.05) is 48.9 Å². The first-order chi connectivity index (χ1) is 10.9. The molecule has 0 fully saturated rings. The van der Waals surface area contributed by atoms with Crippen molar-refractivity contribution in [3.05, 3.63) is 29.8 Å². The molecule has 122 valence electrons. The number of carbonyl (C=O) groups is 2. The Balaban J connectivity index is 2.01. The number of hydrogen-bond acceptors (Lipinski definition) is 5. The van der Waals surface area contributed by atoms with Gasteiger partial charge in [-0.05, 0) is 19.9 Å². The molecule has 6 nitrogen and oxygen atoms in total. The van der Waals surface area contributed by atoms with E-state index in [-0.39, 0.29) is 17.7 Å². The van der Waals surface area contributed by atoms with Crippen molar-refractivity contribution in [1.29, 1.82) is 0 Å². The lowest BCUT2D eigenvalue weighted by Gasteiger charge is -2.14. The molecule has 0 spiro atoms. The van der Waals surface area contributed by atoms with Crippen molar-refractivity contribution in [1.82, 2.24) is 15.5 Å². The second-order valence-electron chi connectivity index (χ2n) is 5.66. The monoisotopic (exact) mass is 332 g/mol. The van der Waals surface area contributed by atoms with Crippen LogP contribution in [-0.2, 0) is 9.59 Å². The van der Waals surface area contributed by atoms with Crippen LogP contribution >= 0.6 is 11.3 Å². The lowest BCUT2D eigenvalue weighted by atomic mass is 10.1. The standard InChI is InChI=1S/C16H20N4O2S/c1-9(2)13(21)17-11(4)14(22)18-16-20-19-15(23-16)12-7-5-6-10(3)8-12/h5-9,11H,1-4H3,(H,17,21)(H,18,20,22). The highest BCUT2D eigenvalue weighted by molar-refractivity contribution is 7.18. The van der Waals surface area contributed by atoms with E-state index in [9.17, 15) is 9.59 Å². The average Bonchev–Trinajstić information content (AvgIpc) is 2.95. The van der Waals surface area contributed by atoms with Gasteiger partial charge in [0, 0.05) is 11.5 Å². The third-order valence-electron chi connectivity index (χ3n) is 3.20. The third kappa shape index (κ3) is 4.59. The minimum absolute atomic E-state index is 0.162. The maximum atomic E-state index is 12.1. The molecular formula is C16H20N4O2S. The van der Waals surface area contributed by atoms with E-state index < -0.39 is 6.04 Å². The Bertz CT molecular complexity index is 712. The summed E-state index contributed by atoms with van der Waals surface area (Å²) in [6, 6.07) is 7.29. The molecule has 0 saturated heterocycles. The van der Waals surface area contributed by atoms with Crippen molar-refractivity contribution < 1.29 is 9.59 Å². The van der Waals surface area contributed by atoms with Gasteiger partial charge in [-0.15, -0.1) is 10.2 Å². The minimum Gasteiger partial charge on any atom is -0.344 e. The number of amides is 2. The van der Waals surface area contributed by atoms with E-state index in [1.807, 2.05) is 31.2 Å². The molecular weight excluding hydrogens is 312 g/mol. The molecule has 0 radical (unpaired) electrons. The molecule has 2 aromatic rings. The summed E-state index contributed by atoms with van der Waals surface area (Å²) in [5, 5.41) is 14.6. The van der Waals surface area contributed by atoms with E-state index in [2.05, 4.69) is 20.8 Å². The number of aryl methyl sites for hydroxylation is 1. The van der Waals surface area contributed by atoms with Gasteiger partial charge in [0.05, 0.1) is 0 Å². The fourth-order valence-electron chi connectivity index (χ4n) is 1.83. The largest absolute Gasteiger partial charge is 0.344 e. The van der Waals surface area contributed by atoms with Crippen LogP contribution in [0.3, 0.4) is 0 Å². The molecule has 7 heteroatoms. The summed E-state index contributed by atoms with van der Waals surface area (Å²) in [6.07, 6.45) is 0. The predicted octanol–water partition coefficient (Wildman–Crippen LogP) is 2.61. The van der Waals surface area contributed by atoms with E-state index in [1.54, 1.807) is 20.8 Å². The van der Waals surface area contributed by atoms with E-state index in [0.29, 0.717) is 5.13 Å². The van der Waals surface area contributed by atoms with E-state index in [1.165, 1.54) is 11.3 Å². The fraction of sp³-hybridized carbons (Fsp3) is 0.375. The van der Waals surface area contributed by atoms with E-state index in [4.69, 9.17) is 0 Å². The number of aromatic nitrogens is 2. The zero-order valence-corrected chi connectivity index (χ0v) is 14.4. The van der Waals surface area contributed by atoms with Crippen LogP contribution < -0.4 is 10.6 Å². The third-order valence-corrected chi connectivity index (χ3v) is 4.08. The van der Waals surface area contributed by atoms with Crippen LogP contribution in [0.4, 0.5) is 5.13 Å². The highest BCUT2D eigenvalue weighted by Crippen LogP contribution is 2.26. The normalized spacial score (nSPS) is 12.0. The molecule has 1 unspecified atom stereocenters. The topological polar surface area (TPSA) is 84.0 Å². The van der Waals surface area contributed by atoms with Crippen LogP contribution in [-0.4, -0.2) is 28.1 Å². The molecule has 1 heterocycles. The Labute approximate surface area is 139 Å². The maximum absolute atomic E-state index is 12.1. The summed E-state index contributed by atoms with van der Waals surface area (Å²) in [6.45, 7) is 7.20. The SMILES string of the molecule is Cc1cccc(-c2nnc(NC(=O)C(C)NC(=O)C(C)C)s2)c1. The number of nitrogens with one attached hydrogen (secondary N) is 2. The van der Waals surface area contributed by atoms with Crippen molar-refractivity contribution in [2.24, 2.45) is 5.92 Å². The summed E-state index contributed by atoms with van der Waals surface area (Å²) < 4.78 is 0. The van der Waals surface area contributed by atoms with Gasteiger partial charge in [0.2, 0.25) is 16.9 Å². The Kier molecular flexibility index (Phi) is 5.44. The van der Waals surface area contributed by atoms with Crippen molar-refractivity contribution in [2.45, 2.75) is 33.7 Å². The summed E-state index contributed by atoms with van der Waals surface area (Å²) in [5.41, 5.74) is 2.09. The maximum Gasteiger partial charge on any atom is 0.248 e. The molecule has 2 rings (SSSR count).